The van der Waals surface area contributed by atoms with E-state index < -0.39 is 0 Å². The Morgan fingerprint density at radius 3 is 2.96 bits per heavy atom. The number of amides is 1. The lowest BCUT2D eigenvalue weighted by Crippen LogP contribution is -2.32. The highest BCUT2D eigenvalue weighted by Crippen LogP contribution is 2.40. The Kier molecular flexibility index (Phi) is 3.52. The lowest BCUT2D eigenvalue weighted by molar-refractivity contribution is 0.0722. The first-order valence-electron chi connectivity index (χ1n) is 7.77. The van der Waals surface area contributed by atoms with Gasteiger partial charge in [0.25, 0.3) is 5.91 Å². The minimum absolute atomic E-state index is 0.176. The van der Waals surface area contributed by atoms with Gasteiger partial charge < -0.3 is 9.42 Å². The molecule has 2 aliphatic rings. The summed E-state index contributed by atoms with van der Waals surface area (Å²) < 4.78 is 5.33. The van der Waals surface area contributed by atoms with E-state index in [4.69, 9.17) is 16.1 Å². The molecule has 120 valence electrons. The first-order valence-corrected chi connectivity index (χ1v) is 8.15. The molecule has 2 aromatic rings. The maximum atomic E-state index is 12.8. The summed E-state index contributed by atoms with van der Waals surface area (Å²) in [4.78, 5) is 27.2. The van der Waals surface area contributed by atoms with E-state index in [0.29, 0.717) is 30.0 Å². The second-order valence-corrected chi connectivity index (χ2v) is 6.44. The van der Waals surface area contributed by atoms with Gasteiger partial charge in [-0.25, -0.2) is 9.97 Å². The van der Waals surface area contributed by atoms with Gasteiger partial charge in [0, 0.05) is 12.5 Å². The standard InChI is InChI=1S/C15H16ClN5O2/c1-8-17-7-10(16)12(18-8)15(22)21-6-2-3-11(21)13-19-14(23-20-13)9-4-5-9/h7,9,11H,2-6H2,1H3. The summed E-state index contributed by atoms with van der Waals surface area (Å²) in [7, 11) is 0. The van der Waals surface area contributed by atoms with E-state index in [9.17, 15) is 4.79 Å². The van der Waals surface area contributed by atoms with Crippen LogP contribution in [0.15, 0.2) is 10.7 Å². The number of nitrogens with zero attached hydrogens (tertiary/aromatic N) is 5. The molecule has 1 aliphatic carbocycles. The van der Waals surface area contributed by atoms with E-state index in [2.05, 4.69) is 20.1 Å². The summed E-state index contributed by atoms with van der Waals surface area (Å²) in [5.74, 6) is 1.99. The van der Waals surface area contributed by atoms with E-state index in [0.717, 1.165) is 25.7 Å². The van der Waals surface area contributed by atoms with Gasteiger partial charge in [-0.15, -0.1) is 0 Å². The molecule has 3 heterocycles. The Morgan fingerprint density at radius 2 is 2.17 bits per heavy atom. The van der Waals surface area contributed by atoms with Crippen LogP contribution >= 0.6 is 11.6 Å². The van der Waals surface area contributed by atoms with Crippen LogP contribution in [-0.4, -0.2) is 37.5 Å². The van der Waals surface area contributed by atoms with Crippen LogP contribution in [0.3, 0.4) is 0 Å². The van der Waals surface area contributed by atoms with Crippen LogP contribution in [0, 0.1) is 6.92 Å². The quantitative estimate of drug-likeness (QED) is 0.858. The van der Waals surface area contributed by atoms with Gasteiger partial charge in [0.05, 0.1) is 17.3 Å². The van der Waals surface area contributed by atoms with Gasteiger partial charge >= 0.3 is 0 Å². The average molecular weight is 334 g/mol. The number of aromatic nitrogens is 4. The zero-order valence-electron chi connectivity index (χ0n) is 12.7. The molecule has 0 bridgehead atoms. The van der Waals surface area contributed by atoms with Crippen molar-refractivity contribution < 1.29 is 9.32 Å². The van der Waals surface area contributed by atoms with Crippen LogP contribution in [0.5, 0.6) is 0 Å². The van der Waals surface area contributed by atoms with Crippen LogP contribution in [0.1, 0.15) is 65.7 Å². The number of rotatable bonds is 3. The molecule has 1 saturated heterocycles. The Hall–Kier alpha value is -2.02. The average Bonchev–Trinajstić information content (AvgIpc) is 3.09. The Bertz CT molecular complexity index is 758. The molecule has 4 rings (SSSR count). The second-order valence-electron chi connectivity index (χ2n) is 6.04. The SMILES string of the molecule is Cc1ncc(Cl)c(C(=O)N2CCCC2c2noc(C3CC3)n2)n1. The van der Waals surface area contributed by atoms with E-state index in [1.54, 1.807) is 11.8 Å². The maximum Gasteiger partial charge on any atom is 0.274 e. The minimum atomic E-state index is -0.208. The van der Waals surface area contributed by atoms with Crippen LogP contribution in [0.2, 0.25) is 5.02 Å². The highest BCUT2D eigenvalue weighted by Gasteiger charge is 2.37. The molecule has 0 spiro atoms. The molecule has 8 heteroatoms. The molecule has 7 nitrogen and oxygen atoms in total. The predicted octanol–water partition coefficient (Wildman–Crippen LogP) is 2.68. The third-order valence-electron chi connectivity index (χ3n) is 4.26. The summed E-state index contributed by atoms with van der Waals surface area (Å²) in [5.41, 5.74) is 0.233. The number of hydrogen-bond acceptors (Lipinski definition) is 6. The smallest absolute Gasteiger partial charge is 0.274 e. The zero-order chi connectivity index (χ0) is 16.0. The van der Waals surface area contributed by atoms with Crippen molar-refractivity contribution in [1.82, 2.24) is 25.0 Å². The van der Waals surface area contributed by atoms with Crippen molar-refractivity contribution in [2.45, 2.75) is 44.6 Å². The lowest BCUT2D eigenvalue weighted by atomic mass is 10.2. The third kappa shape index (κ3) is 2.69. The first-order chi connectivity index (χ1) is 11.1. The largest absolute Gasteiger partial charge is 0.339 e. The van der Waals surface area contributed by atoms with Crippen molar-refractivity contribution in [3.8, 4) is 0 Å². The fourth-order valence-electron chi connectivity index (χ4n) is 2.90. The molecular formula is C15H16ClN5O2. The molecule has 0 N–H and O–H groups in total. The summed E-state index contributed by atoms with van der Waals surface area (Å²) >= 11 is 6.09. The first kappa shape index (κ1) is 14.6. The lowest BCUT2D eigenvalue weighted by Gasteiger charge is -2.22. The normalized spacial score (nSPS) is 21.0. The molecule has 1 aliphatic heterocycles. The summed E-state index contributed by atoms with van der Waals surface area (Å²) in [6, 6.07) is -0.176. The molecule has 0 radical (unpaired) electrons. The molecule has 1 amide bonds. The molecule has 1 atom stereocenters. The van der Waals surface area contributed by atoms with Gasteiger partial charge in [-0.2, -0.15) is 4.98 Å². The van der Waals surface area contributed by atoms with Crippen molar-refractivity contribution in [2.75, 3.05) is 6.54 Å². The van der Waals surface area contributed by atoms with Crippen molar-refractivity contribution in [1.29, 1.82) is 0 Å². The van der Waals surface area contributed by atoms with Crippen LogP contribution in [-0.2, 0) is 0 Å². The van der Waals surface area contributed by atoms with Crippen molar-refractivity contribution >= 4 is 17.5 Å². The number of carbonyl (C=O) groups is 1. The summed E-state index contributed by atoms with van der Waals surface area (Å²) in [6.45, 7) is 2.37. The number of hydrogen-bond donors (Lipinski definition) is 0. The highest BCUT2D eigenvalue weighted by molar-refractivity contribution is 6.33. The van der Waals surface area contributed by atoms with E-state index in [1.807, 2.05) is 0 Å². The molecule has 23 heavy (non-hydrogen) atoms. The Labute approximate surface area is 138 Å². The van der Waals surface area contributed by atoms with Gasteiger partial charge in [0.15, 0.2) is 11.5 Å². The Balaban J connectivity index is 1.61. The van der Waals surface area contributed by atoms with Crippen molar-refractivity contribution in [3.63, 3.8) is 0 Å². The molecule has 1 saturated carbocycles. The number of halogens is 1. The monoisotopic (exact) mass is 333 g/mol. The minimum Gasteiger partial charge on any atom is -0.339 e. The fourth-order valence-corrected chi connectivity index (χ4v) is 3.07. The van der Waals surface area contributed by atoms with Gasteiger partial charge in [-0.05, 0) is 32.6 Å². The molecule has 2 fully saturated rings. The van der Waals surface area contributed by atoms with Crippen LogP contribution < -0.4 is 0 Å². The van der Waals surface area contributed by atoms with E-state index >= 15 is 0 Å². The van der Waals surface area contributed by atoms with Crippen LogP contribution in [0.4, 0.5) is 0 Å². The Morgan fingerprint density at radius 1 is 1.35 bits per heavy atom. The fraction of sp³-hybridized carbons (Fsp3) is 0.533. The number of carbonyl (C=O) groups excluding carboxylic acids is 1. The van der Waals surface area contributed by atoms with Crippen molar-refractivity contribution in [2.24, 2.45) is 0 Å². The molecule has 0 aromatic carbocycles. The van der Waals surface area contributed by atoms with E-state index in [1.165, 1.54) is 6.20 Å². The zero-order valence-corrected chi connectivity index (χ0v) is 13.5. The predicted molar refractivity (Wildman–Crippen MR) is 81.1 cm³/mol. The van der Waals surface area contributed by atoms with Gasteiger partial charge in [-0.3, -0.25) is 4.79 Å². The summed E-state index contributed by atoms with van der Waals surface area (Å²) in [6.07, 6.45) is 5.37. The second kappa shape index (κ2) is 5.56. The number of likely N-dealkylation sites (tertiary alicyclic amines) is 1. The van der Waals surface area contributed by atoms with Gasteiger partial charge in [-0.1, -0.05) is 16.8 Å². The van der Waals surface area contributed by atoms with Gasteiger partial charge in [0.2, 0.25) is 5.89 Å². The number of aryl methyl sites for hydroxylation is 1. The van der Waals surface area contributed by atoms with E-state index in [-0.39, 0.29) is 22.7 Å². The van der Waals surface area contributed by atoms with Crippen molar-refractivity contribution in [3.05, 3.63) is 34.5 Å². The van der Waals surface area contributed by atoms with Gasteiger partial charge in [0.1, 0.15) is 5.82 Å². The molecule has 2 aromatic heterocycles. The maximum absolute atomic E-state index is 12.8. The molecule has 1 unspecified atom stereocenters. The topological polar surface area (TPSA) is 85.0 Å². The van der Waals surface area contributed by atoms with Crippen LogP contribution in [0.25, 0.3) is 0 Å². The highest BCUT2D eigenvalue weighted by atomic mass is 35.5. The molecular weight excluding hydrogens is 318 g/mol. The summed E-state index contributed by atoms with van der Waals surface area (Å²) in [5, 5.41) is 4.34. The third-order valence-corrected chi connectivity index (χ3v) is 4.54.